The highest BCUT2D eigenvalue weighted by Gasteiger charge is 2.59. The number of hydrogen-bond donors (Lipinski definition) is 2. The van der Waals surface area contributed by atoms with Crippen LogP contribution in [-0.2, 0) is 4.79 Å². The maximum atomic E-state index is 10.5. The van der Waals surface area contributed by atoms with E-state index in [4.69, 9.17) is 5.11 Å². The summed E-state index contributed by atoms with van der Waals surface area (Å²) in [5.41, 5.74) is 0.172. The van der Waals surface area contributed by atoms with Crippen LogP contribution in [0.15, 0.2) is 0 Å². The second-order valence-corrected chi connectivity index (χ2v) is 3.38. The summed E-state index contributed by atoms with van der Waals surface area (Å²) in [4.78, 5) is 10.5. The topological polar surface area (TPSA) is 49.3 Å². The second kappa shape index (κ2) is 1.72. The fourth-order valence-electron chi connectivity index (χ4n) is 1.93. The van der Waals surface area contributed by atoms with Gasteiger partial charge in [-0.25, -0.2) is 0 Å². The molecule has 2 atom stereocenters. The summed E-state index contributed by atoms with van der Waals surface area (Å²) in [7, 11) is 0. The molecule has 2 aliphatic rings. The van der Waals surface area contributed by atoms with Crippen molar-refractivity contribution in [1.82, 2.24) is 5.32 Å². The largest absolute Gasteiger partial charge is 0.481 e. The summed E-state index contributed by atoms with van der Waals surface area (Å²) in [6.07, 6.45) is 1.96. The van der Waals surface area contributed by atoms with Gasteiger partial charge >= 0.3 is 5.97 Å². The highest BCUT2D eigenvalue weighted by molar-refractivity contribution is 5.75. The highest BCUT2D eigenvalue weighted by Crippen LogP contribution is 2.56. The van der Waals surface area contributed by atoms with E-state index in [1.165, 1.54) is 0 Å². The number of carboxylic acids is 1. The predicted molar refractivity (Wildman–Crippen MR) is 35.7 cm³/mol. The van der Waals surface area contributed by atoms with Crippen LogP contribution in [-0.4, -0.2) is 24.2 Å². The molecule has 0 aromatic rings. The van der Waals surface area contributed by atoms with E-state index >= 15 is 0 Å². The Morgan fingerprint density at radius 2 is 2.50 bits per heavy atom. The molecule has 0 radical (unpaired) electrons. The first-order valence-corrected chi connectivity index (χ1v) is 3.68. The summed E-state index contributed by atoms with van der Waals surface area (Å²) in [6, 6.07) is 0. The van der Waals surface area contributed by atoms with Gasteiger partial charge in [-0.1, -0.05) is 0 Å². The SMILES string of the molecule is O=C(O)[C@H]1C[C@@]12CCNC2. The molecule has 10 heavy (non-hydrogen) atoms. The van der Waals surface area contributed by atoms with Crippen molar-refractivity contribution >= 4 is 5.97 Å². The Morgan fingerprint density at radius 3 is 2.90 bits per heavy atom. The van der Waals surface area contributed by atoms with Gasteiger partial charge in [0.2, 0.25) is 0 Å². The van der Waals surface area contributed by atoms with Gasteiger partial charge in [-0.15, -0.1) is 0 Å². The van der Waals surface area contributed by atoms with E-state index in [1.54, 1.807) is 0 Å². The fourth-order valence-corrected chi connectivity index (χ4v) is 1.93. The van der Waals surface area contributed by atoms with Crippen LogP contribution >= 0.6 is 0 Å². The molecule has 2 N–H and O–H groups in total. The number of nitrogens with one attached hydrogen (secondary N) is 1. The van der Waals surface area contributed by atoms with Crippen molar-refractivity contribution in [2.24, 2.45) is 11.3 Å². The molecular formula is C7H11NO2. The van der Waals surface area contributed by atoms with E-state index in [-0.39, 0.29) is 11.3 Å². The summed E-state index contributed by atoms with van der Waals surface area (Å²) < 4.78 is 0. The van der Waals surface area contributed by atoms with Crippen LogP contribution in [0.1, 0.15) is 12.8 Å². The van der Waals surface area contributed by atoms with Crippen molar-refractivity contribution in [2.45, 2.75) is 12.8 Å². The van der Waals surface area contributed by atoms with E-state index in [1.807, 2.05) is 0 Å². The number of rotatable bonds is 1. The first-order valence-electron chi connectivity index (χ1n) is 3.68. The van der Waals surface area contributed by atoms with Crippen LogP contribution in [0.3, 0.4) is 0 Å². The van der Waals surface area contributed by atoms with Crippen molar-refractivity contribution in [3.05, 3.63) is 0 Å². The molecule has 2 fully saturated rings. The molecule has 1 spiro atoms. The van der Waals surface area contributed by atoms with E-state index in [9.17, 15) is 4.79 Å². The molecule has 1 heterocycles. The van der Waals surface area contributed by atoms with Gasteiger partial charge in [-0.05, 0) is 24.8 Å². The van der Waals surface area contributed by atoms with E-state index in [0.717, 1.165) is 25.9 Å². The maximum Gasteiger partial charge on any atom is 0.307 e. The molecule has 56 valence electrons. The molecule has 0 aromatic carbocycles. The maximum absolute atomic E-state index is 10.5. The lowest BCUT2D eigenvalue weighted by Gasteiger charge is -2.01. The zero-order chi connectivity index (χ0) is 7.19. The standard InChI is InChI=1S/C7H11NO2/c9-6(10)5-3-7(5)1-2-8-4-7/h5,8H,1-4H2,(H,9,10)/t5-,7-/m1/s1. The number of hydrogen-bond acceptors (Lipinski definition) is 2. The monoisotopic (exact) mass is 141 g/mol. The third kappa shape index (κ3) is 0.669. The van der Waals surface area contributed by atoms with Gasteiger partial charge in [0.1, 0.15) is 0 Å². The Balaban J connectivity index is 2.04. The third-order valence-electron chi connectivity index (χ3n) is 2.76. The number of carboxylic acid groups (broad SMARTS) is 1. The molecule has 0 bridgehead atoms. The highest BCUT2D eigenvalue weighted by atomic mass is 16.4. The lowest BCUT2D eigenvalue weighted by molar-refractivity contribution is -0.139. The first-order chi connectivity index (χ1) is 4.75. The summed E-state index contributed by atoms with van der Waals surface area (Å²) in [5.74, 6) is -0.647. The lowest BCUT2D eigenvalue weighted by Crippen LogP contribution is -2.14. The molecular weight excluding hydrogens is 130 g/mol. The van der Waals surface area contributed by atoms with Crippen LogP contribution in [0.2, 0.25) is 0 Å². The Bertz CT molecular complexity index is 172. The Labute approximate surface area is 59.4 Å². The van der Waals surface area contributed by atoms with E-state index < -0.39 is 5.97 Å². The molecule has 3 heteroatoms. The first kappa shape index (κ1) is 6.16. The average Bonchev–Trinajstić information content (AvgIpc) is 2.32. The average molecular weight is 141 g/mol. The minimum Gasteiger partial charge on any atom is -0.481 e. The van der Waals surface area contributed by atoms with E-state index in [0.29, 0.717) is 0 Å². The molecule has 0 unspecified atom stereocenters. The minimum absolute atomic E-state index is 0.0394. The smallest absolute Gasteiger partial charge is 0.307 e. The molecule has 2 rings (SSSR count). The molecule has 1 saturated carbocycles. The van der Waals surface area contributed by atoms with Gasteiger partial charge < -0.3 is 10.4 Å². The zero-order valence-corrected chi connectivity index (χ0v) is 5.76. The predicted octanol–water partition coefficient (Wildman–Crippen LogP) is 0.0706. The van der Waals surface area contributed by atoms with Crippen LogP contribution in [0, 0.1) is 11.3 Å². The molecule has 0 aromatic heterocycles. The minimum atomic E-state index is -0.608. The van der Waals surface area contributed by atoms with Crippen LogP contribution in [0.5, 0.6) is 0 Å². The van der Waals surface area contributed by atoms with Gasteiger partial charge in [0.15, 0.2) is 0 Å². The summed E-state index contributed by atoms with van der Waals surface area (Å²) >= 11 is 0. The number of carbonyl (C=O) groups is 1. The normalized spacial score (nSPS) is 44.2. The molecule has 3 nitrogen and oxygen atoms in total. The van der Waals surface area contributed by atoms with Crippen molar-refractivity contribution in [3.63, 3.8) is 0 Å². The summed E-state index contributed by atoms with van der Waals surface area (Å²) in [5, 5.41) is 11.8. The van der Waals surface area contributed by atoms with Crippen molar-refractivity contribution in [3.8, 4) is 0 Å². The van der Waals surface area contributed by atoms with Gasteiger partial charge in [0.05, 0.1) is 5.92 Å². The quantitative estimate of drug-likeness (QED) is 0.543. The van der Waals surface area contributed by atoms with Gasteiger partial charge in [0.25, 0.3) is 0 Å². The van der Waals surface area contributed by atoms with Gasteiger partial charge in [-0.3, -0.25) is 4.79 Å². The molecule has 1 aliphatic carbocycles. The summed E-state index contributed by atoms with van der Waals surface area (Å²) in [6.45, 7) is 1.92. The van der Waals surface area contributed by atoms with Crippen molar-refractivity contribution in [2.75, 3.05) is 13.1 Å². The Kier molecular flexibility index (Phi) is 1.06. The van der Waals surface area contributed by atoms with E-state index in [2.05, 4.69) is 5.32 Å². The van der Waals surface area contributed by atoms with Gasteiger partial charge in [0, 0.05) is 6.54 Å². The molecule has 1 saturated heterocycles. The van der Waals surface area contributed by atoms with Crippen molar-refractivity contribution in [1.29, 1.82) is 0 Å². The molecule has 0 amide bonds. The molecule has 1 aliphatic heterocycles. The van der Waals surface area contributed by atoms with Crippen molar-refractivity contribution < 1.29 is 9.90 Å². The second-order valence-electron chi connectivity index (χ2n) is 3.38. The zero-order valence-electron chi connectivity index (χ0n) is 5.76. The van der Waals surface area contributed by atoms with Crippen LogP contribution in [0.25, 0.3) is 0 Å². The Morgan fingerprint density at radius 1 is 1.70 bits per heavy atom. The number of aliphatic carboxylic acids is 1. The lowest BCUT2D eigenvalue weighted by atomic mass is 10.0. The Hall–Kier alpha value is -0.570. The van der Waals surface area contributed by atoms with Gasteiger partial charge in [-0.2, -0.15) is 0 Å². The fraction of sp³-hybridized carbons (Fsp3) is 0.857. The van der Waals surface area contributed by atoms with Crippen LogP contribution in [0.4, 0.5) is 0 Å². The van der Waals surface area contributed by atoms with Crippen LogP contribution < -0.4 is 5.32 Å². The third-order valence-corrected chi connectivity index (χ3v) is 2.76.